The molecule has 3 aliphatic heterocycles. The number of ether oxygens (including phenoxy) is 2. The molecule has 0 spiro atoms. The highest BCUT2D eigenvalue weighted by Gasteiger charge is 2.36. The van der Waals surface area contributed by atoms with Gasteiger partial charge in [0, 0.05) is 69.0 Å². The maximum absolute atomic E-state index is 15.9. The van der Waals surface area contributed by atoms with Gasteiger partial charge in [0.25, 0.3) is 0 Å². The average molecular weight is 890 g/mol. The Morgan fingerprint density at radius 2 is 1.19 bits per heavy atom. The first-order valence-electron chi connectivity index (χ1n) is 23.8. The van der Waals surface area contributed by atoms with Gasteiger partial charge in [-0.2, -0.15) is 0 Å². The third kappa shape index (κ3) is 13.7. The molecular formula is C48H71F4N5O4S. The van der Waals surface area contributed by atoms with Crippen LogP contribution in [0.4, 0.5) is 23.2 Å². The molecule has 3 saturated heterocycles. The number of benzene rings is 2. The summed E-state index contributed by atoms with van der Waals surface area (Å²) >= 11 is 0. The van der Waals surface area contributed by atoms with E-state index in [1.54, 1.807) is 0 Å². The number of sulfone groups is 1. The molecule has 4 heterocycles. The van der Waals surface area contributed by atoms with E-state index in [9.17, 15) is 21.6 Å². The van der Waals surface area contributed by atoms with Gasteiger partial charge >= 0.3 is 6.36 Å². The van der Waals surface area contributed by atoms with Crippen LogP contribution in [0.25, 0.3) is 10.9 Å². The lowest BCUT2D eigenvalue weighted by Crippen LogP contribution is -2.56. The zero-order valence-corrected chi connectivity index (χ0v) is 38.1. The SMILES string of the molecule is CCCCCCCCCCCCCCCCOc1ccc(S(=O)(=O)c2cnc3ccc(OC(F)(F)F)cc3c2N2CCC(N3CCN(C4CCN(CC)CC4)CC3)CC2)c(F)c1. The van der Waals surface area contributed by atoms with Crippen LogP contribution < -0.4 is 14.4 Å². The van der Waals surface area contributed by atoms with E-state index in [-0.39, 0.29) is 21.7 Å². The van der Waals surface area contributed by atoms with Crippen molar-refractivity contribution < 1.29 is 35.5 Å². The van der Waals surface area contributed by atoms with Crippen molar-refractivity contribution in [1.29, 1.82) is 0 Å². The van der Waals surface area contributed by atoms with Gasteiger partial charge in [0.15, 0.2) is 0 Å². The summed E-state index contributed by atoms with van der Waals surface area (Å²) in [5.74, 6) is -1.20. The van der Waals surface area contributed by atoms with E-state index in [1.165, 1.54) is 114 Å². The molecule has 0 bridgehead atoms. The van der Waals surface area contributed by atoms with E-state index in [0.29, 0.717) is 37.3 Å². The van der Waals surface area contributed by atoms with E-state index in [4.69, 9.17) is 4.74 Å². The van der Waals surface area contributed by atoms with Gasteiger partial charge in [-0.05, 0) is 82.1 Å². The van der Waals surface area contributed by atoms with Crippen molar-refractivity contribution >= 4 is 26.4 Å². The molecule has 0 radical (unpaired) electrons. The van der Waals surface area contributed by atoms with Crippen LogP contribution in [-0.2, 0) is 9.84 Å². The van der Waals surface area contributed by atoms with Gasteiger partial charge in [0.1, 0.15) is 27.1 Å². The van der Waals surface area contributed by atoms with Gasteiger partial charge in [-0.1, -0.05) is 97.3 Å². The van der Waals surface area contributed by atoms with Crippen LogP contribution in [-0.4, -0.2) is 112 Å². The fourth-order valence-corrected chi connectivity index (χ4v) is 11.3. The topological polar surface area (TPSA) is 78.4 Å². The van der Waals surface area contributed by atoms with E-state index >= 15 is 4.39 Å². The van der Waals surface area contributed by atoms with Crippen molar-refractivity contribution in [3.8, 4) is 11.5 Å². The minimum Gasteiger partial charge on any atom is -0.493 e. The number of fused-ring (bicyclic) bond motifs is 1. The molecule has 9 nitrogen and oxygen atoms in total. The highest BCUT2D eigenvalue weighted by molar-refractivity contribution is 7.91. The van der Waals surface area contributed by atoms with Crippen molar-refractivity contribution in [3.05, 3.63) is 48.4 Å². The molecular weight excluding hydrogens is 819 g/mol. The Kier molecular flexibility index (Phi) is 18.4. The third-order valence-corrected chi connectivity index (χ3v) is 15.2. The number of unbranched alkanes of at least 4 members (excludes halogenated alkanes) is 13. The van der Waals surface area contributed by atoms with Gasteiger partial charge in [0.05, 0.1) is 17.8 Å². The lowest BCUT2D eigenvalue weighted by molar-refractivity contribution is -0.274. The van der Waals surface area contributed by atoms with Gasteiger partial charge in [-0.15, -0.1) is 13.2 Å². The molecule has 62 heavy (non-hydrogen) atoms. The number of piperazine rings is 1. The summed E-state index contributed by atoms with van der Waals surface area (Å²) in [6.07, 6.45) is 17.5. The first kappa shape index (κ1) is 48.3. The molecule has 3 aliphatic rings. The predicted molar refractivity (Wildman–Crippen MR) is 240 cm³/mol. The van der Waals surface area contributed by atoms with Gasteiger partial charge in [-0.3, -0.25) is 14.8 Å². The summed E-state index contributed by atoms with van der Waals surface area (Å²) in [5.41, 5.74) is 0.519. The van der Waals surface area contributed by atoms with Crippen molar-refractivity contribution in [1.82, 2.24) is 19.7 Å². The number of aromatic nitrogens is 1. The highest BCUT2D eigenvalue weighted by atomic mass is 32.2. The number of piperidine rings is 2. The molecule has 0 unspecified atom stereocenters. The number of pyridine rings is 1. The molecule has 0 amide bonds. The molecule has 2 aromatic carbocycles. The summed E-state index contributed by atoms with van der Waals surface area (Å²) in [6.45, 7) is 13.2. The van der Waals surface area contributed by atoms with Crippen LogP contribution in [0.1, 0.15) is 129 Å². The smallest absolute Gasteiger partial charge is 0.493 e. The molecule has 346 valence electrons. The monoisotopic (exact) mass is 890 g/mol. The van der Waals surface area contributed by atoms with Crippen molar-refractivity contribution in [2.45, 2.75) is 158 Å². The van der Waals surface area contributed by atoms with E-state index in [1.807, 2.05) is 4.90 Å². The van der Waals surface area contributed by atoms with Crippen LogP contribution in [0, 0.1) is 5.82 Å². The molecule has 6 rings (SSSR count). The minimum atomic E-state index is -4.94. The molecule has 0 aliphatic carbocycles. The molecule has 0 saturated carbocycles. The number of anilines is 1. The first-order valence-corrected chi connectivity index (χ1v) is 25.3. The van der Waals surface area contributed by atoms with E-state index in [2.05, 4.69) is 38.3 Å². The molecule has 0 N–H and O–H groups in total. The number of nitrogens with zero attached hydrogens (tertiary/aromatic N) is 5. The summed E-state index contributed by atoms with van der Waals surface area (Å²) in [5, 5.41) is 0.197. The van der Waals surface area contributed by atoms with E-state index < -0.39 is 32.7 Å². The lowest BCUT2D eigenvalue weighted by Gasteiger charge is -2.46. The van der Waals surface area contributed by atoms with Crippen LogP contribution in [0.15, 0.2) is 52.4 Å². The Hall–Kier alpha value is -3.20. The van der Waals surface area contributed by atoms with Crippen LogP contribution in [0.3, 0.4) is 0 Å². The summed E-state index contributed by atoms with van der Waals surface area (Å²) in [4.78, 5) is 13.1. The average Bonchev–Trinajstić information content (AvgIpc) is 3.27. The Labute approximate surface area is 368 Å². The standard InChI is InChI=1S/C48H71F4N5O4S/c1-3-5-6-7-8-9-10-11-12-13-14-15-16-17-34-60-40-19-21-45(43(49)36-40)62(58,59)46-37-53-44-20-18-41(61-48(50,51)52)35-42(44)47(46)57-28-24-39(25-29-57)56-32-30-55(31-33-56)38-22-26-54(4-2)27-23-38/h18-21,35-39H,3-17,22-34H2,1-2H3. The van der Waals surface area contributed by atoms with E-state index in [0.717, 1.165) is 90.1 Å². The van der Waals surface area contributed by atoms with Crippen molar-refractivity contribution in [2.24, 2.45) is 0 Å². The predicted octanol–water partition coefficient (Wildman–Crippen LogP) is 11.0. The fraction of sp³-hybridized carbons (Fsp3) is 0.688. The molecule has 14 heteroatoms. The number of rotatable bonds is 23. The Balaban J connectivity index is 1.06. The number of alkyl halides is 3. The maximum atomic E-state index is 15.9. The second-order valence-corrected chi connectivity index (χ2v) is 19.6. The lowest BCUT2D eigenvalue weighted by atomic mass is 9.99. The molecule has 1 aromatic heterocycles. The zero-order valence-electron chi connectivity index (χ0n) is 37.3. The number of hydrogen-bond donors (Lipinski definition) is 0. The fourth-order valence-electron chi connectivity index (χ4n) is 9.78. The number of halogens is 4. The van der Waals surface area contributed by atoms with Gasteiger partial charge < -0.3 is 19.3 Å². The van der Waals surface area contributed by atoms with Crippen LogP contribution in [0.5, 0.6) is 11.5 Å². The summed E-state index contributed by atoms with van der Waals surface area (Å²) in [7, 11) is -4.53. The number of likely N-dealkylation sites (tertiary alicyclic amines) is 1. The maximum Gasteiger partial charge on any atom is 0.573 e. The molecule has 3 aromatic rings. The Bertz CT molecular complexity index is 1930. The number of hydrogen-bond acceptors (Lipinski definition) is 9. The normalized spacial score (nSPS) is 18.2. The third-order valence-electron chi connectivity index (χ3n) is 13.4. The van der Waals surface area contributed by atoms with Gasteiger partial charge in [-0.25, -0.2) is 12.8 Å². The summed E-state index contributed by atoms with van der Waals surface area (Å²) < 4.78 is 94.9. The largest absolute Gasteiger partial charge is 0.573 e. The zero-order chi connectivity index (χ0) is 44.0. The highest BCUT2D eigenvalue weighted by Crippen LogP contribution is 2.40. The molecule has 3 fully saturated rings. The minimum absolute atomic E-state index is 0.197. The van der Waals surface area contributed by atoms with Crippen LogP contribution in [0.2, 0.25) is 0 Å². The Morgan fingerprint density at radius 3 is 1.73 bits per heavy atom. The second kappa shape index (κ2) is 23.6. The summed E-state index contributed by atoms with van der Waals surface area (Å²) in [6, 6.07) is 8.42. The Morgan fingerprint density at radius 1 is 0.661 bits per heavy atom. The van der Waals surface area contributed by atoms with Crippen molar-refractivity contribution in [3.63, 3.8) is 0 Å². The molecule has 0 atom stereocenters. The quantitative estimate of drug-likeness (QED) is 0.0683. The van der Waals surface area contributed by atoms with Crippen molar-refractivity contribution in [2.75, 3.05) is 70.4 Å². The van der Waals surface area contributed by atoms with Crippen LogP contribution >= 0.6 is 0 Å². The first-order chi connectivity index (χ1) is 30.0. The second-order valence-electron chi connectivity index (χ2n) is 17.7. The van der Waals surface area contributed by atoms with Gasteiger partial charge in [0.2, 0.25) is 9.84 Å².